The van der Waals surface area contributed by atoms with Gasteiger partial charge >= 0.3 is 16.3 Å². The summed E-state index contributed by atoms with van der Waals surface area (Å²) in [7, 11) is -8.08. The maximum absolute atomic E-state index is 12.2. The van der Waals surface area contributed by atoms with Crippen LogP contribution in [0.3, 0.4) is 0 Å². The van der Waals surface area contributed by atoms with Gasteiger partial charge in [0.25, 0.3) is 20.3 Å². The Morgan fingerprint density at radius 2 is 1.42 bits per heavy atom. The van der Waals surface area contributed by atoms with Crippen molar-refractivity contribution in [2.45, 2.75) is 96.3 Å². The fraction of sp³-hybridized carbons (Fsp3) is 0.882. The Labute approximate surface area is 161 Å². The van der Waals surface area contributed by atoms with Gasteiger partial charge in [-0.2, -0.15) is 4.89 Å². The van der Waals surface area contributed by atoms with Crippen LogP contribution in [0.15, 0.2) is 0 Å². The zero-order valence-electron chi connectivity index (χ0n) is 17.9. The molecule has 0 radical (unpaired) electrons. The van der Waals surface area contributed by atoms with E-state index in [1.54, 1.807) is 13.8 Å². The minimum absolute atomic E-state index is 0.0194. The van der Waals surface area contributed by atoms with Crippen LogP contribution in [0.1, 0.15) is 62.3 Å². The van der Waals surface area contributed by atoms with Crippen LogP contribution < -0.4 is 0 Å². The van der Waals surface area contributed by atoms with E-state index in [9.17, 15) is 19.0 Å². The highest BCUT2D eigenvalue weighted by atomic mass is 31.1. The SMILES string of the molecule is CC(=O)O[Si](C)(C(C)C)C(C)C[Si](OC(C)=O)(C(C)C)C(C)(C)[P+](=O)O. The molecule has 0 spiro atoms. The lowest BCUT2D eigenvalue weighted by Gasteiger charge is -2.44. The zero-order valence-corrected chi connectivity index (χ0v) is 20.8. The minimum Gasteiger partial charge on any atom is -0.519 e. The summed E-state index contributed by atoms with van der Waals surface area (Å²) in [5, 5.41) is 0. The number of rotatable bonds is 9. The lowest BCUT2D eigenvalue weighted by molar-refractivity contribution is -0.134. The molecule has 4 atom stereocenters. The second kappa shape index (κ2) is 9.08. The van der Waals surface area contributed by atoms with E-state index in [1.807, 2.05) is 41.2 Å². The summed E-state index contributed by atoms with van der Waals surface area (Å²) >= 11 is 0. The average molecular weight is 424 g/mol. The maximum atomic E-state index is 12.2. The predicted octanol–water partition coefficient (Wildman–Crippen LogP) is 4.90. The molecule has 0 bridgehead atoms. The first kappa shape index (κ1) is 25.4. The standard InChI is InChI=1S/C17H35O6PSi2/c1-12(2)25(10,22-15(6)18)14(5)11-26(13(3)4,23-16(7)19)17(8,9)24(20)21/h12-14H,11H2,1-10H3/p+1. The zero-order chi connectivity index (χ0) is 21.1. The van der Waals surface area contributed by atoms with Gasteiger partial charge in [0, 0.05) is 13.8 Å². The summed E-state index contributed by atoms with van der Waals surface area (Å²) in [6, 6.07) is 0.493. The molecule has 0 aromatic carbocycles. The van der Waals surface area contributed by atoms with Crippen molar-refractivity contribution in [1.82, 2.24) is 0 Å². The van der Waals surface area contributed by atoms with Gasteiger partial charge in [0.15, 0.2) is 0 Å². The van der Waals surface area contributed by atoms with Crippen molar-refractivity contribution in [2.24, 2.45) is 0 Å². The van der Waals surface area contributed by atoms with E-state index in [2.05, 4.69) is 0 Å². The number of hydrogen-bond donors (Lipinski definition) is 1. The molecular formula is C17H36O6PSi2+. The van der Waals surface area contributed by atoms with Gasteiger partial charge in [-0.3, -0.25) is 9.59 Å². The molecule has 6 nitrogen and oxygen atoms in total. The van der Waals surface area contributed by atoms with Crippen LogP contribution in [0, 0.1) is 0 Å². The first-order chi connectivity index (χ1) is 11.5. The van der Waals surface area contributed by atoms with E-state index >= 15 is 0 Å². The highest BCUT2D eigenvalue weighted by Crippen LogP contribution is 2.53. The summed E-state index contributed by atoms with van der Waals surface area (Å²) in [4.78, 5) is 33.7. The van der Waals surface area contributed by atoms with Gasteiger partial charge in [0.05, 0.1) is 0 Å². The van der Waals surface area contributed by atoms with Gasteiger partial charge in [0.2, 0.25) is 4.78 Å². The van der Waals surface area contributed by atoms with Crippen molar-refractivity contribution in [3.8, 4) is 0 Å². The molecular weight excluding hydrogens is 387 g/mol. The average Bonchev–Trinajstić information content (AvgIpc) is 2.43. The Balaban J connectivity index is 6.27. The molecule has 0 amide bonds. The third kappa shape index (κ3) is 5.24. The Bertz CT molecular complexity index is 551. The molecule has 0 aliphatic rings. The van der Waals surface area contributed by atoms with Crippen molar-refractivity contribution in [1.29, 1.82) is 0 Å². The van der Waals surface area contributed by atoms with Crippen LogP contribution in [0.25, 0.3) is 0 Å². The molecule has 0 aliphatic heterocycles. The monoisotopic (exact) mass is 423 g/mol. The number of carbonyl (C=O) groups excluding carboxylic acids is 2. The molecule has 0 saturated carbocycles. The van der Waals surface area contributed by atoms with Crippen molar-refractivity contribution in [3.63, 3.8) is 0 Å². The van der Waals surface area contributed by atoms with E-state index < -0.39 is 35.4 Å². The Morgan fingerprint density at radius 3 is 1.69 bits per heavy atom. The normalized spacial score (nSPS) is 18.7. The van der Waals surface area contributed by atoms with Crippen molar-refractivity contribution < 1.29 is 27.9 Å². The summed E-state index contributed by atoms with van der Waals surface area (Å²) in [6.45, 7) is 18.2. The van der Waals surface area contributed by atoms with E-state index in [-0.39, 0.29) is 22.6 Å². The van der Waals surface area contributed by atoms with Crippen molar-refractivity contribution in [2.75, 3.05) is 0 Å². The molecule has 0 fully saturated rings. The molecule has 4 unspecified atom stereocenters. The smallest absolute Gasteiger partial charge is 0.511 e. The Morgan fingerprint density at radius 1 is 1.00 bits per heavy atom. The maximum Gasteiger partial charge on any atom is 0.511 e. The third-order valence-corrected chi connectivity index (χ3v) is 19.9. The highest BCUT2D eigenvalue weighted by molar-refractivity contribution is 7.44. The molecule has 0 aromatic rings. The van der Waals surface area contributed by atoms with Crippen LogP contribution in [0.2, 0.25) is 29.2 Å². The predicted molar refractivity (Wildman–Crippen MR) is 109 cm³/mol. The first-order valence-corrected chi connectivity index (χ1v) is 15.1. The van der Waals surface area contributed by atoms with Crippen LogP contribution in [0.5, 0.6) is 0 Å². The molecule has 0 aliphatic carbocycles. The molecule has 152 valence electrons. The van der Waals surface area contributed by atoms with Crippen LogP contribution in [-0.4, -0.2) is 38.2 Å². The van der Waals surface area contributed by atoms with Crippen LogP contribution in [-0.2, 0) is 23.0 Å². The van der Waals surface area contributed by atoms with Crippen molar-refractivity contribution >= 4 is 36.6 Å². The topological polar surface area (TPSA) is 89.9 Å². The van der Waals surface area contributed by atoms with E-state index in [1.165, 1.54) is 13.8 Å². The quantitative estimate of drug-likeness (QED) is 0.419. The van der Waals surface area contributed by atoms with Gasteiger partial charge in [-0.1, -0.05) is 34.6 Å². The molecule has 26 heavy (non-hydrogen) atoms. The Kier molecular flexibility index (Phi) is 8.89. The minimum atomic E-state index is -3.04. The second-order valence-electron chi connectivity index (χ2n) is 8.51. The fourth-order valence-corrected chi connectivity index (χ4v) is 15.2. The second-order valence-corrected chi connectivity index (χ2v) is 20.1. The molecule has 1 N–H and O–H groups in total. The van der Waals surface area contributed by atoms with Gasteiger partial charge in [-0.25, -0.2) is 0 Å². The number of carbonyl (C=O) groups is 2. The lowest BCUT2D eigenvalue weighted by Crippen LogP contribution is -2.60. The highest BCUT2D eigenvalue weighted by Gasteiger charge is 2.67. The summed E-state index contributed by atoms with van der Waals surface area (Å²) < 4.78 is 22.9. The van der Waals surface area contributed by atoms with Crippen LogP contribution >= 0.6 is 8.03 Å². The van der Waals surface area contributed by atoms with Crippen molar-refractivity contribution in [3.05, 3.63) is 0 Å². The summed E-state index contributed by atoms with van der Waals surface area (Å²) in [5.74, 6) is -0.737. The summed E-state index contributed by atoms with van der Waals surface area (Å²) in [6.07, 6.45) is 0. The molecule has 0 heterocycles. The molecule has 0 saturated heterocycles. The lowest BCUT2D eigenvalue weighted by atomic mass is 10.5. The van der Waals surface area contributed by atoms with Gasteiger partial charge in [-0.05, 0) is 47.6 Å². The van der Waals surface area contributed by atoms with Gasteiger partial charge in [-0.15, -0.1) is 0 Å². The van der Waals surface area contributed by atoms with Gasteiger partial charge in [0.1, 0.15) is 0 Å². The molecule has 0 rings (SSSR count). The first-order valence-electron chi connectivity index (χ1n) is 9.10. The fourth-order valence-electron chi connectivity index (χ4n) is 3.65. The van der Waals surface area contributed by atoms with Crippen LogP contribution in [0.4, 0.5) is 0 Å². The third-order valence-electron chi connectivity index (χ3n) is 5.87. The molecule has 0 aromatic heterocycles. The number of hydrogen-bond acceptors (Lipinski definition) is 5. The van der Waals surface area contributed by atoms with E-state index in [4.69, 9.17) is 8.85 Å². The molecule has 9 heteroatoms. The van der Waals surface area contributed by atoms with Gasteiger partial charge < -0.3 is 8.85 Å². The Hall–Kier alpha value is -0.566. The largest absolute Gasteiger partial charge is 0.519 e. The van der Waals surface area contributed by atoms with E-state index in [0.717, 1.165) is 0 Å². The summed E-state index contributed by atoms with van der Waals surface area (Å²) in [5.41, 5.74) is 0.0929. The van der Waals surface area contributed by atoms with E-state index in [0.29, 0.717) is 6.04 Å².